The molecule has 4 heteroatoms. The Morgan fingerprint density at radius 1 is 1.36 bits per heavy atom. The lowest BCUT2D eigenvalue weighted by Crippen LogP contribution is -2.04. The summed E-state index contributed by atoms with van der Waals surface area (Å²) in [6.45, 7) is 1.89. The lowest BCUT2D eigenvalue weighted by atomic mass is 10.4. The van der Waals surface area contributed by atoms with Crippen LogP contribution in [-0.2, 0) is 0 Å². The maximum absolute atomic E-state index is 11.2. The van der Waals surface area contributed by atoms with Crippen LogP contribution in [0.15, 0.2) is 35.3 Å². The molecule has 0 bridgehead atoms. The van der Waals surface area contributed by atoms with Gasteiger partial charge in [-0.1, -0.05) is 6.07 Å². The van der Waals surface area contributed by atoms with E-state index in [0.717, 1.165) is 10.6 Å². The highest BCUT2D eigenvalue weighted by atomic mass is 32.1. The molecule has 70 valence electrons. The third-order valence-corrected chi connectivity index (χ3v) is 2.61. The largest absolute Gasteiger partial charge is 0.272 e. The SMILES string of the molecule is Cc1cc(=O)nc(-c2ccccn2)s1. The van der Waals surface area contributed by atoms with Crippen molar-refractivity contribution >= 4 is 11.3 Å². The van der Waals surface area contributed by atoms with Gasteiger partial charge in [0.1, 0.15) is 5.01 Å². The van der Waals surface area contributed by atoms with Gasteiger partial charge in [-0.05, 0) is 19.1 Å². The summed E-state index contributed by atoms with van der Waals surface area (Å²) in [4.78, 5) is 20.1. The zero-order valence-corrected chi connectivity index (χ0v) is 8.41. The van der Waals surface area contributed by atoms with E-state index in [1.807, 2.05) is 25.1 Å². The molecular weight excluding hydrogens is 196 g/mol. The quantitative estimate of drug-likeness (QED) is 0.712. The van der Waals surface area contributed by atoms with Crippen molar-refractivity contribution in [2.24, 2.45) is 0 Å². The minimum atomic E-state index is -0.207. The molecule has 0 aliphatic carbocycles. The van der Waals surface area contributed by atoms with Crippen LogP contribution >= 0.6 is 11.3 Å². The Hall–Kier alpha value is -1.55. The van der Waals surface area contributed by atoms with Gasteiger partial charge in [-0.3, -0.25) is 9.78 Å². The first-order valence-corrected chi connectivity index (χ1v) is 4.97. The predicted molar refractivity (Wildman–Crippen MR) is 56.4 cm³/mol. The topological polar surface area (TPSA) is 42.9 Å². The number of hydrogen-bond acceptors (Lipinski definition) is 4. The fraction of sp³-hybridized carbons (Fsp3) is 0.100. The molecule has 0 aromatic carbocycles. The van der Waals surface area contributed by atoms with Gasteiger partial charge in [0.05, 0.1) is 5.69 Å². The van der Waals surface area contributed by atoms with Crippen molar-refractivity contribution in [1.82, 2.24) is 9.97 Å². The summed E-state index contributed by atoms with van der Waals surface area (Å²) in [5, 5.41) is 0.676. The van der Waals surface area contributed by atoms with E-state index < -0.39 is 0 Å². The summed E-state index contributed by atoms with van der Waals surface area (Å²) in [7, 11) is 0. The number of hydrogen-bond donors (Lipinski definition) is 0. The van der Waals surface area contributed by atoms with Gasteiger partial charge in [0.15, 0.2) is 0 Å². The smallest absolute Gasteiger partial charge is 0.267 e. The number of aromatic nitrogens is 2. The Balaban J connectivity index is 2.58. The number of pyridine rings is 1. The monoisotopic (exact) mass is 204 g/mol. The summed E-state index contributed by atoms with van der Waals surface area (Å²) in [5.74, 6) is 0. The van der Waals surface area contributed by atoms with Crippen LogP contribution in [0.5, 0.6) is 0 Å². The summed E-state index contributed by atoms with van der Waals surface area (Å²) < 4.78 is 0. The molecule has 0 saturated carbocycles. The van der Waals surface area contributed by atoms with Gasteiger partial charge in [0.25, 0.3) is 5.56 Å². The van der Waals surface area contributed by atoms with Crippen molar-refractivity contribution in [1.29, 1.82) is 0 Å². The highest BCUT2D eigenvalue weighted by Crippen LogP contribution is 2.18. The number of nitrogens with zero attached hydrogens (tertiary/aromatic N) is 2. The van der Waals surface area contributed by atoms with E-state index in [-0.39, 0.29) is 5.56 Å². The second kappa shape index (κ2) is 3.67. The first kappa shape index (κ1) is 9.02. The standard InChI is InChI=1S/C10H8N2OS/c1-7-6-9(13)12-10(14-7)8-4-2-3-5-11-8/h2-6H,1H3. The average Bonchev–Trinajstić information content (AvgIpc) is 2.18. The lowest BCUT2D eigenvalue weighted by molar-refractivity contribution is 1.23. The molecule has 2 aromatic heterocycles. The molecule has 2 rings (SSSR count). The van der Waals surface area contributed by atoms with Gasteiger partial charge >= 0.3 is 0 Å². The first-order chi connectivity index (χ1) is 6.75. The summed E-state index contributed by atoms with van der Waals surface area (Å²) in [5.41, 5.74) is 0.542. The molecule has 0 atom stereocenters. The molecule has 2 heterocycles. The van der Waals surface area contributed by atoms with E-state index in [0.29, 0.717) is 5.01 Å². The van der Waals surface area contributed by atoms with E-state index >= 15 is 0 Å². The van der Waals surface area contributed by atoms with Crippen molar-refractivity contribution in [3.05, 3.63) is 45.7 Å². The van der Waals surface area contributed by atoms with Crippen LogP contribution in [0.1, 0.15) is 4.88 Å². The van der Waals surface area contributed by atoms with E-state index in [4.69, 9.17) is 0 Å². The van der Waals surface area contributed by atoms with Gasteiger partial charge in [-0.15, -0.1) is 11.3 Å². The number of rotatable bonds is 1. The predicted octanol–water partition coefficient (Wildman–Crippen LogP) is 1.87. The highest BCUT2D eigenvalue weighted by molar-refractivity contribution is 7.14. The molecular formula is C10H8N2OS. The van der Waals surface area contributed by atoms with Crippen molar-refractivity contribution in [2.75, 3.05) is 0 Å². The summed E-state index contributed by atoms with van der Waals surface area (Å²) in [6.07, 6.45) is 1.69. The molecule has 0 unspecified atom stereocenters. The molecule has 2 aromatic rings. The Bertz CT molecular complexity index is 493. The van der Waals surface area contributed by atoms with Gasteiger partial charge in [0, 0.05) is 17.1 Å². The zero-order chi connectivity index (χ0) is 9.97. The second-order valence-corrected chi connectivity index (χ2v) is 4.06. The van der Waals surface area contributed by atoms with Gasteiger partial charge < -0.3 is 0 Å². The summed E-state index contributed by atoms with van der Waals surface area (Å²) in [6, 6.07) is 7.08. The Kier molecular flexibility index (Phi) is 2.37. The molecule has 0 radical (unpaired) electrons. The minimum Gasteiger partial charge on any atom is -0.267 e. The molecule has 0 amide bonds. The Morgan fingerprint density at radius 3 is 2.86 bits per heavy atom. The second-order valence-electron chi connectivity index (χ2n) is 2.83. The van der Waals surface area contributed by atoms with Gasteiger partial charge in [0.2, 0.25) is 0 Å². The van der Waals surface area contributed by atoms with Crippen molar-refractivity contribution in [2.45, 2.75) is 6.92 Å². The van der Waals surface area contributed by atoms with E-state index in [1.165, 1.54) is 17.4 Å². The normalized spacial score (nSPS) is 10.1. The van der Waals surface area contributed by atoms with Crippen molar-refractivity contribution in [3.63, 3.8) is 0 Å². The molecule has 3 nitrogen and oxygen atoms in total. The maximum Gasteiger partial charge on any atom is 0.272 e. The van der Waals surface area contributed by atoms with Crippen LogP contribution < -0.4 is 5.56 Å². The molecule has 14 heavy (non-hydrogen) atoms. The van der Waals surface area contributed by atoms with Crippen LogP contribution in [0, 0.1) is 6.92 Å². The van der Waals surface area contributed by atoms with Crippen molar-refractivity contribution in [3.8, 4) is 10.7 Å². The van der Waals surface area contributed by atoms with Crippen LogP contribution in [0.2, 0.25) is 0 Å². The lowest BCUT2D eigenvalue weighted by Gasteiger charge is -1.97. The van der Waals surface area contributed by atoms with Crippen LogP contribution in [-0.4, -0.2) is 9.97 Å². The molecule has 0 spiro atoms. The fourth-order valence-corrected chi connectivity index (χ4v) is 1.94. The molecule has 0 aliphatic rings. The molecule has 0 fully saturated rings. The van der Waals surface area contributed by atoms with Gasteiger partial charge in [-0.25, -0.2) is 0 Å². The third kappa shape index (κ3) is 1.85. The van der Waals surface area contributed by atoms with Crippen LogP contribution in [0.3, 0.4) is 0 Å². The fourth-order valence-electron chi connectivity index (χ4n) is 1.11. The molecule has 0 saturated heterocycles. The Morgan fingerprint density at radius 2 is 2.21 bits per heavy atom. The minimum absolute atomic E-state index is 0.207. The van der Waals surface area contributed by atoms with Gasteiger partial charge in [-0.2, -0.15) is 4.98 Å². The molecule has 0 N–H and O–H groups in total. The first-order valence-electron chi connectivity index (χ1n) is 4.16. The average molecular weight is 204 g/mol. The summed E-state index contributed by atoms with van der Waals surface area (Å²) >= 11 is 1.47. The van der Waals surface area contributed by atoms with E-state index in [2.05, 4.69) is 9.97 Å². The Labute approximate surface area is 85.1 Å². The molecule has 0 aliphatic heterocycles. The van der Waals surface area contributed by atoms with Crippen LogP contribution in [0.25, 0.3) is 10.7 Å². The maximum atomic E-state index is 11.2. The highest BCUT2D eigenvalue weighted by Gasteiger charge is 2.02. The van der Waals surface area contributed by atoms with E-state index in [1.54, 1.807) is 6.20 Å². The number of aryl methyl sites for hydroxylation is 1. The van der Waals surface area contributed by atoms with E-state index in [9.17, 15) is 4.79 Å². The zero-order valence-electron chi connectivity index (χ0n) is 7.60. The van der Waals surface area contributed by atoms with Crippen molar-refractivity contribution < 1.29 is 0 Å². The van der Waals surface area contributed by atoms with Crippen LogP contribution in [0.4, 0.5) is 0 Å². The third-order valence-electron chi connectivity index (χ3n) is 1.68.